The van der Waals surface area contributed by atoms with Crippen LogP contribution in [0.4, 0.5) is 5.69 Å². The minimum absolute atomic E-state index is 0.137. The van der Waals surface area contributed by atoms with Crippen molar-refractivity contribution in [2.45, 2.75) is 6.92 Å². The molecule has 11 heteroatoms. The van der Waals surface area contributed by atoms with E-state index in [2.05, 4.69) is 26.0 Å². The lowest BCUT2D eigenvalue weighted by Crippen LogP contribution is -2.32. The van der Waals surface area contributed by atoms with Gasteiger partial charge in [0.2, 0.25) is 5.75 Å². The molecular weight excluding hydrogens is 436 g/mol. The average Bonchev–Trinajstić information content (AvgIpc) is 2.63. The SMILES string of the molecule is CC(=O)Oc1c(Br)cc(C=Nn2c(=O)[nH]c3ccccc3c2=O)cc1[N+](=O)[O-]. The van der Waals surface area contributed by atoms with E-state index in [0.717, 1.165) is 19.2 Å². The van der Waals surface area contributed by atoms with Gasteiger partial charge in [0.15, 0.2) is 0 Å². The maximum absolute atomic E-state index is 12.4. The number of hydrogen-bond donors (Lipinski definition) is 1. The van der Waals surface area contributed by atoms with Crippen LogP contribution in [0.2, 0.25) is 0 Å². The van der Waals surface area contributed by atoms with E-state index < -0.39 is 27.8 Å². The van der Waals surface area contributed by atoms with Crippen molar-refractivity contribution in [1.29, 1.82) is 0 Å². The van der Waals surface area contributed by atoms with Crippen LogP contribution >= 0.6 is 15.9 Å². The number of carbonyl (C=O) groups excluding carboxylic acids is 1. The van der Waals surface area contributed by atoms with Crippen LogP contribution in [0.1, 0.15) is 12.5 Å². The third-order valence-electron chi connectivity index (χ3n) is 3.59. The summed E-state index contributed by atoms with van der Waals surface area (Å²) in [4.78, 5) is 48.8. The van der Waals surface area contributed by atoms with Crippen molar-refractivity contribution in [1.82, 2.24) is 9.66 Å². The van der Waals surface area contributed by atoms with Gasteiger partial charge in [-0.25, -0.2) is 4.79 Å². The topological polar surface area (TPSA) is 137 Å². The van der Waals surface area contributed by atoms with Gasteiger partial charge in [-0.2, -0.15) is 5.10 Å². The summed E-state index contributed by atoms with van der Waals surface area (Å²) < 4.78 is 5.61. The monoisotopic (exact) mass is 446 g/mol. The molecule has 0 aliphatic carbocycles. The molecule has 0 fully saturated rings. The van der Waals surface area contributed by atoms with Crippen molar-refractivity contribution in [3.63, 3.8) is 0 Å². The number of nitrogens with one attached hydrogen (secondary N) is 1. The molecule has 10 nitrogen and oxygen atoms in total. The lowest BCUT2D eigenvalue weighted by Gasteiger charge is -2.06. The number of aromatic amines is 1. The fraction of sp³-hybridized carbons (Fsp3) is 0.0588. The van der Waals surface area contributed by atoms with Crippen LogP contribution in [0.5, 0.6) is 5.75 Å². The zero-order valence-electron chi connectivity index (χ0n) is 14.2. The number of nitro benzene ring substituents is 1. The molecule has 0 atom stereocenters. The quantitative estimate of drug-likeness (QED) is 0.214. The van der Waals surface area contributed by atoms with Crippen LogP contribution in [-0.4, -0.2) is 26.8 Å². The van der Waals surface area contributed by atoms with Crippen molar-refractivity contribution in [3.8, 4) is 5.75 Å². The van der Waals surface area contributed by atoms with Crippen LogP contribution in [0.15, 0.2) is 55.6 Å². The summed E-state index contributed by atoms with van der Waals surface area (Å²) in [5.74, 6) is -0.977. The molecule has 0 unspecified atom stereocenters. The Bertz CT molecular complexity index is 1260. The number of rotatable bonds is 4. The molecule has 0 amide bonds. The zero-order chi connectivity index (χ0) is 20.4. The second kappa shape index (κ2) is 7.56. The van der Waals surface area contributed by atoms with Gasteiger partial charge in [-0.3, -0.25) is 19.7 Å². The van der Waals surface area contributed by atoms with Crippen molar-refractivity contribution < 1.29 is 14.5 Å². The van der Waals surface area contributed by atoms with Gasteiger partial charge in [0, 0.05) is 18.6 Å². The molecule has 1 N–H and O–H groups in total. The minimum atomic E-state index is -0.759. The second-order valence-corrected chi connectivity index (χ2v) is 6.39. The van der Waals surface area contributed by atoms with E-state index in [1.807, 2.05) is 0 Å². The van der Waals surface area contributed by atoms with Crippen molar-refractivity contribution in [2.24, 2.45) is 5.10 Å². The Morgan fingerprint density at radius 1 is 1.32 bits per heavy atom. The molecule has 0 saturated carbocycles. The van der Waals surface area contributed by atoms with Gasteiger partial charge in [0.05, 0.1) is 26.5 Å². The first-order chi connectivity index (χ1) is 13.3. The van der Waals surface area contributed by atoms with Gasteiger partial charge in [-0.15, -0.1) is 4.68 Å². The maximum atomic E-state index is 12.4. The van der Waals surface area contributed by atoms with Crippen LogP contribution in [0, 0.1) is 10.1 Å². The fourth-order valence-corrected chi connectivity index (χ4v) is 2.98. The number of H-pyrrole nitrogens is 1. The van der Waals surface area contributed by atoms with Gasteiger partial charge >= 0.3 is 17.3 Å². The molecule has 3 aromatic rings. The van der Waals surface area contributed by atoms with Gasteiger partial charge < -0.3 is 9.72 Å². The van der Waals surface area contributed by atoms with Gasteiger partial charge in [-0.05, 0) is 34.1 Å². The highest BCUT2D eigenvalue weighted by Crippen LogP contribution is 2.36. The number of nitro groups is 1. The molecule has 0 aliphatic rings. The smallest absolute Gasteiger partial charge is 0.349 e. The number of esters is 1. The van der Waals surface area contributed by atoms with E-state index in [0.29, 0.717) is 10.2 Å². The first-order valence-electron chi connectivity index (χ1n) is 7.72. The number of fused-ring (bicyclic) bond motifs is 1. The number of halogens is 1. The number of carbonyl (C=O) groups is 1. The first kappa shape index (κ1) is 19.2. The van der Waals surface area contributed by atoms with Gasteiger partial charge in [-0.1, -0.05) is 12.1 Å². The lowest BCUT2D eigenvalue weighted by atomic mass is 10.2. The molecular formula is C17H11BrN4O6. The molecule has 142 valence electrons. The van der Waals surface area contributed by atoms with E-state index in [1.165, 1.54) is 12.1 Å². The number of benzene rings is 2. The summed E-state index contributed by atoms with van der Waals surface area (Å²) in [6, 6.07) is 8.94. The number of ether oxygens (including phenoxy) is 1. The van der Waals surface area contributed by atoms with E-state index in [1.54, 1.807) is 18.2 Å². The molecule has 0 radical (unpaired) electrons. The van der Waals surface area contributed by atoms with Crippen molar-refractivity contribution in [2.75, 3.05) is 0 Å². The molecule has 0 aliphatic heterocycles. The third kappa shape index (κ3) is 3.74. The van der Waals surface area contributed by atoms with Gasteiger partial charge in [0.25, 0.3) is 5.56 Å². The molecule has 0 bridgehead atoms. The number of hydrogen-bond acceptors (Lipinski definition) is 7. The third-order valence-corrected chi connectivity index (χ3v) is 4.18. The molecule has 0 saturated heterocycles. The number of nitrogens with zero attached hydrogens (tertiary/aromatic N) is 3. The summed E-state index contributed by atoms with van der Waals surface area (Å²) in [7, 11) is 0. The van der Waals surface area contributed by atoms with Crippen LogP contribution in [0.25, 0.3) is 10.9 Å². The predicted octanol–water partition coefficient (Wildman–Crippen LogP) is 2.17. The summed E-state index contributed by atoms with van der Waals surface area (Å²) in [6.07, 6.45) is 1.11. The summed E-state index contributed by atoms with van der Waals surface area (Å²) in [5.41, 5.74) is -1.31. The molecule has 2 aromatic carbocycles. The molecule has 3 rings (SSSR count). The van der Waals surface area contributed by atoms with E-state index in [-0.39, 0.29) is 21.2 Å². The highest BCUT2D eigenvalue weighted by molar-refractivity contribution is 9.10. The van der Waals surface area contributed by atoms with E-state index in [9.17, 15) is 24.5 Å². The summed E-state index contributed by atoms with van der Waals surface area (Å²) >= 11 is 3.10. The maximum Gasteiger partial charge on any atom is 0.349 e. The van der Waals surface area contributed by atoms with Crippen molar-refractivity contribution >= 4 is 44.7 Å². The zero-order valence-corrected chi connectivity index (χ0v) is 15.8. The van der Waals surface area contributed by atoms with E-state index in [4.69, 9.17) is 4.74 Å². The Kier molecular flexibility index (Phi) is 5.18. The van der Waals surface area contributed by atoms with Crippen LogP contribution in [-0.2, 0) is 4.79 Å². The largest absolute Gasteiger partial charge is 0.418 e. The molecule has 1 heterocycles. The molecule has 28 heavy (non-hydrogen) atoms. The average molecular weight is 447 g/mol. The van der Waals surface area contributed by atoms with Crippen molar-refractivity contribution in [3.05, 3.63) is 77.4 Å². The van der Waals surface area contributed by atoms with Crippen LogP contribution in [0.3, 0.4) is 0 Å². The molecule has 0 spiro atoms. The highest BCUT2D eigenvalue weighted by atomic mass is 79.9. The summed E-state index contributed by atoms with van der Waals surface area (Å²) in [6.45, 7) is 1.12. The Labute approximate surface area is 164 Å². The van der Waals surface area contributed by atoms with Gasteiger partial charge in [0.1, 0.15) is 0 Å². The summed E-state index contributed by atoms with van der Waals surface area (Å²) in [5, 5.41) is 15.4. The Morgan fingerprint density at radius 2 is 2.04 bits per heavy atom. The minimum Gasteiger partial charge on any atom is -0.418 e. The number of para-hydroxylation sites is 1. The fourth-order valence-electron chi connectivity index (χ4n) is 2.44. The Balaban J connectivity index is 2.09. The second-order valence-electron chi connectivity index (χ2n) is 5.54. The van der Waals surface area contributed by atoms with Crippen LogP contribution < -0.4 is 16.0 Å². The number of aromatic nitrogens is 2. The Hall–Kier alpha value is -3.60. The predicted molar refractivity (Wildman–Crippen MR) is 104 cm³/mol. The lowest BCUT2D eigenvalue weighted by molar-refractivity contribution is -0.385. The highest BCUT2D eigenvalue weighted by Gasteiger charge is 2.21. The Morgan fingerprint density at radius 3 is 2.71 bits per heavy atom. The normalized spacial score (nSPS) is 11.1. The standard InChI is InChI=1S/C17H11BrN4O6/c1-9(23)28-15-12(18)6-10(7-14(15)22(26)27)8-19-21-16(24)11-4-2-3-5-13(11)20-17(21)25/h2-8H,1H3,(H,20,25). The molecule has 1 aromatic heterocycles. The first-order valence-corrected chi connectivity index (χ1v) is 8.52. The van der Waals surface area contributed by atoms with E-state index >= 15 is 0 Å².